The summed E-state index contributed by atoms with van der Waals surface area (Å²) in [6.45, 7) is 4.52. The zero-order valence-corrected chi connectivity index (χ0v) is 14.2. The van der Waals surface area contributed by atoms with E-state index >= 15 is 0 Å². The number of aromatic nitrogens is 2. The molecule has 0 radical (unpaired) electrons. The number of likely N-dealkylation sites (N-methyl/N-ethyl adjacent to an activating group) is 1. The Bertz CT molecular complexity index is 673. The van der Waals surface area contributed by atoms with E-state index in [9.17, 15) is 9.18 Å². The number of carbonyl (C=O) groups excluding carboxylic acids is 1. The Morgan fingerprint density at radius 3 is 2.83 bits per heavy atom. The van der Waals surface area contributed by atoms with Crippen LogP contribution in [0.4, 0.5) is 4.39 Å². The van der Waals surface area contributed by atoms with Crippen molar-refractivity contribution < 1.29 is 18.4 Å². The van der Waals surface area contributed by atoms with E-state index in [1.54, 1.807) is 24.1 Å². The van der Waals surface area contributed by atoms with Crippen molar-refractivity contribution in [1.82, 2.24) is 15.0 Å². The summed E-state index contributed by atoms with van der Waals surface area (Å²) < 4.78 is 23.8. The minimum absolute atomic E-state index is 0.00392. The first-order chi connectivity index (χ1) is 11.5. The van der Waals surface area contributed by atoms with Gasteiger partial charge in [0.2, 0.25) is 5.91 Å². The van der Waals surface area contributed by atoms with E-state index in [1.807, 2.05) is 13.8 Å². The molecule has 0 aliphatic carbocycles. The topological polar surface area (TPSA) is 68.5 Å². The van der Waals surface area contributed by atoms with E-state index in [0.29, 0.717) is 31.1 Å². The molecule has 0 N–H and O–H groups in total. The van der Waals surface area contributed by atoms with Gasteiger partial charge in [-0.1, -0.05) is 31.1 Å². The lowest BCUT2D eigenvalue weighted by Crippen LogP contribution is -2.29. The van der Waals surface area contributed by atoms with Crippen LogP contribution < -0.4 is 4.74 Å². The van der Waals surface area contributed by atoms with Crippen molar-refractivity contribution in [3.05, 3.63) is 41.8 Å². The predicted molar refractivity (Wildman–Crippen MR) is 85.8 cm³/mol. The fourth-order valence-electron chi connectivity index (χ4n) is 2.05. The van der Waals surface area contributed by atoms with Crippen LogP contribution >= 0.6 is 0 Å². The lowest BCUT2D eigenvalue weighted by molar-refractivity contribution is -0.130. The number of hydrogen-bond acceptors (Lipinski definition) is 5. The Balaban J connectivity index is 1.81. The van der Waals surface area contributed by atoms with Gasteiger partial charge in [0, 0.05) is 26.4 Å². The SMILES string of the molecule is CC(C)CC(=O)N(C)CCc1noc(COc2ccccc2F)n1. The van der Waals surface area contributed by atoms with Crippen molar-refractivity contribution in [2.24, 2.45) is 5.92 Å². The third kappa shape index (κ3) is 5.33. The van der Waals surface area contributed by atoms with Gasteiger partial charge in [-0.2, -0.15) is 4.98 Å². The Labute approximate surface area is 140 Å². The highest BCUT2D eigenvalue weighted by Crippen LogP contribution is 2.16. The van der Waals surface area contributed by atoms with Crippen LogP contribution in [-0.4, -0.2) is 34.5 Å². The van der Waals surface area contributed by atoms with Gasteiger partial charge in [-0.05, 0) is 18.1 Å². The van der Waals surface area contributed by atoms with Gasteiger partial charge in [0.05, 0.1) is 0 Å². The van der Waals surface area contributed by atoms with Gasteiger partial charge in [-0.25, -0.2) is 4.39 Å². The molecule has 24 heavy (non-hydrogen) atoms. The van der Waals surface area contributed by atoms with Crippen LogP contribution in [-0.2, 0) is 17.8 Å². The van der Waals surface area contributed by atoms with Crippen molar-refractivity contribution >= 4 is 5.91 Å². The summed E-state index contributed by atoms with van der Waals surface area (Å²) in [4.78, 5) is 17.7. The lowest BCUT2D eigenvalue weighted by atomic mass is 10.1. The van der Waals surface area contributed by atoms with Crippen LogP contribution in [0.15, 0.2) is 28.8 Å². The second-order valence-electron chi connectivity index (χ2n) is 5.99. The highest BCUT2D eigenvalue weighted by Gasteiger charge is 2.13. The number of carbonyl (C=O) groups is 1. The molecule has 0 spiro atoms. The Morgan fingerprint density at radius 1 is 1.38 bits per heavy atom. The van der Waals surface area contributed by atoms with Crippen molar-refractivity contribution in [3.63, 3.8) is 0 Å². The third-order valence-electron chi connectivity index (χ3n) is 3.38. The van der Waals surface area contributed by atoms with Crippen molar-refractivity contribution in [2.75, 3.05) is 13.6 Å². The van der Waals surface area contributed by atoms with Crippen LogP contribution in [0.25, 0.3) is 0 Å². The molecule has 2 rings (SSSR count). The summed E-state index contributed by atoms with van der Waals surface area (Å²) >= 11 is 0. The molecule has 1 aromatic carbocycles. The molecule has 0 fully saturated rings. The number of rotatable bonds is 8. The second-order valence-corrected chi connectivity index (χ2v) is 5.99. The van der Waals surface area contributed by atoms with Crippen LogP contribution in [0.3, 0.4) is 0 Å². The molecule has 0 saturated heterocycles. The van der Waals surface area contributed by atoms with Gasteiger partial charge in [0.1, 0.15) is 0 Å². The highest BCUT2D eigenvalue weighted by molar-refractivity contribution is 5.76. The number of para-hydroxylation sites is 1. The molecule has 6 nitrogen and oxygen atoms in total. The first-order valence-corrected chi connectivity index (χ1v) is 7.88. The number of benzene rings is 1. The number of nitrogens with zero attached hydrogens (tertiary/aromatic N) is 3. The van der Waals surface area contributed by atoms with Crippen molar-refractivity contribution in [1.29, 1.82) is 0 Å². The molecule has 0 aliphatic heterocycles. The van der Waals surface area contributed by atoms with Crippen LogP contribution in [0, 0.1) is 11.7 Å². The normalized spacial score (nSPS) is 10.9. The molecule has 1 amide bonds. The maximum absolute atomic E-state index is 13.4. The summed E-state index contributed by atoms with van der Waals surface area (Å²) in [6.07, 6.45) is 1.01. The van der Waals surface area contributed by atoms with E-state index in [4.69, 9.17) is 9.26 Å². The van der Waals surface area contributed by atoms with Crippen LogP contribution in [0.5, 0.6) is 5.75 Å². The van der Waals surface area contributed by atoms with E-state index in [1.165, 1.54) is 12.1 Å². The monoisotopic (exact) mass is 335 g/mol. The molecule has 2 aromatic rings. The summed E-state index contributed by atoms with van der Waals surface area (Å²) in [5.41, 5.74) is 0. The number of ether oxygens (including phenoxy) is 1. The summed E-state index contributed by atoms with van der Waals surface area (Å²) in [5.74, 6) is 0.874. The van der Waals surface area contributed by atoms with Crippen molar-refractivity contribution in [2.45, 2.75) is 33.3 Å². The molecular formula is C17H22FN3O3. The fourth-order valence-corrected chi connectivity index (χ4v) is 2.05. The minimum Gasteiger partial charge on any atom is -0.481 e. The largest absolute Gasteiger partial charge is 0.481 e. The molecule has 0 unspecified atom stereocenters. The lowest BCUT2D eigenvalue weighted by Gasteiger charge is -2.17. The Hall–Kier alpha value is -2.44. The third-order valence-corrected chi connectivity index (χ3v) is 3.38. The molecule has 0 bridgehead atoms. The molecule has 7 heteroatoms. The van der Waals surface area contributed by atoms with E-state index in [2.05, 4.69) is 10.1 Å². The van der Waals surface area contributed by atoms with Crippen LogP contribution in [0.1, 0.15) is 32.0 Å². The minimum atomic E-state index is -0.442. The molecular weight excluding hydrogens is 313 g/mol. The summed E-state index contributed by atoms with van der Waals surface area (Å²) in [6, 6.07) is 6.12. The van der Waals surface area contributed by atoms with Gasteiger partial charge >= 0.3 is 0 Å². The van der Waals surface area contributed by atoms with E-state index < -0.39 is 5.82 Å². The zero-order valence-electron chi connectivity index (χ0n) is 14.2. The average molecular weight is 335 g/mol. The molecule has 1 aromatic heterocycles. The second kappa shape index (κ2) is 8.42. The maximum Gasteiger partial charge on any atom is 0.264 e. The first kappa shape index (κ1) is 17.9. The van der Waals surface area contributed by atoms with E-state index in [-0.39, 0.29) is 24.2 Å². The fraction of sp³-hybridized carbons (Fsp3) is 0.471. The maximum atomic E-state index is 13.4. The quantitative estimate of drug-likeness (QED) is 0.742. The Kier molecular flexibility index (Phi) is 6.28. The highest BCUT2D eigenvalue weighted by atomic mass is 19.1. The average Bonchev–Trinajstić information content (AvgIpc) is 2.99. The summed E-state index contributed by atoms with van der Waals surface area (Å²) in [5, 5.41) is 3.85. The van der Waals surface area contributed by atoms with Crippen molar-refractivity contribution in [3.8, 4) is 5.75 Å². The van der Waals surface area contributed by atoms with Gasteiger partial charge in [-0.3, -0.25) is 4.79 Å². The summed E-state index contributed by atoms with van der Waals surface area (Å²) in [7, 11) is 1.76. The Morgan fingerprint density at radius 2 is 2.12 bits per heavy atom. The number of hydrogen-bond donors (Lipinski definition) is 0. The van der Waals surface area contributed by atoms with Gasteiger partial charge in [-0.15, -0.1) is 0 Å². The zero-order chi connectivity index (χ0) is 17.5. The molecule has 0 atom stereocenters. The number of halogens is 1. The first-order valence-electron chi connectivity index (χ1n) is 7.88. The van der Waals surface area contributed by atoms with Gasteiger partial charge < -0.3 is 14.2 Å². The standard InChI is InChI=1S/C17H22FN3O3/c1-12(2)10-17(22)21(3)9-8-15-19-16(24-20-15)11-23-14-7-5-4-6-13(14)18/h4-7,12H,8-11H2,1-3H3. The molecule has 0 saturated carbocycles. The van der Waals surface area contributed by atoms with Crippen LogP contribution in [0.2, 0.25) is 0 Å². The number of amides is 1. The molecule has 0 aliphatic rings. The van der Waals surface area contributed by atoms with Gasteiger partial charge in [0.15, 0.2) is 24.0 Å². The predicted octanol–water partition coefficient (Wildman–Crippen LogP) is 2.83. The molecule has 1 heterocycles. The van der Waals surface area contributed by atoms with Gasteiger partial charge in [0.25, 0.3) is 5.89 Å². The molecule has 130 valence electrons. The van der Waals surface area contributed by atoms with E-state index in [0.717, 1.165) is 0 Å². The smallest absolute Gasteiger partial charge is 0.264 e.